The first kappa shape index (κ1) is 15.1. The minimum atomic E-state index is 0.426. The largest absolute Gasteiger partial charge is 0.312 e. The Morgan fingerprint density at radius 1 is 0.950 bits per heavy atom. The smallest absolute Gasteiger partial charge is 0.0409 e. The van der Waals surface area contributed by atoms with Crippen LogP contribution in [0, 0.1) is 0 Å². The molecule has 2 aromatic carbocycles. The molecule has 2 rings (SSSR count). The second kappa shape index (κ2) is 8.13. The van der Waals surface area contributed by atoms with E-state index >= 15 is 0 Å². The molecule has 0 spiro atoms. The van der Waals surface area contributed by atoms with E-state index in [4.69, 9.17) is 0 Å². The maximum atomic E-state index is 3.42. The van der Waals surface area contributed by atoms with E-state index in [-0.39, 0.29) is 0 Å². The van der Waals surface area contributed by atoms with Crippen LogP contribution < -0.4 is 5.32 Å². The molecule has 0 aliphatic heterocycles. The first-order valence-corrected chi connectivity index (χ1v) is 8.36. The van der Waals surface area contributed by atoms with Gasteiger partial charge < -0.3 is 5.32 Å². The molecular weight excluding hydrogens is 262 g/mol. The molecule has 0 aliphatic rings. The van der Waals surface area contributed by atoms with Gasteiger partial charge in [-0.3, -0.25) is 0 Å². The van der Waals surface area contributed by atoms with Gasteiger partial charge in [-0.1, -0.05) is 61.5 Å². The minimum absolute atomic E-state index is 0.426. The number of nitrogens with one attached hydrogen (secondary N) is 1. The molecule has 0 heterocycles. The van der Waals surface area contributed by atoms with Gasteiger partial charge in [0.25, 0.3) is 0 Å². The molecule has 0 bridgehead atoms. The van der Waals surface area contributed by atoms with Crippen LogP contribution >= 0.6 is 11.8 Å². The summed E-state index contributed by atoms with van der Waals surface area (Å²) in [6.07, 6.45) is 1.10. The lowest BCUT2D eigenvalue weighted by Crippen LogP contribution is -2.18. The zero-order valence-corrected chi connectivity index (χ0v) is 13.1. The van der Waals surface area contributed by atoms with Crippen molar-refractivity contribution < 1.29 is 0 Å². The molecule has 106 valence electrons. The average molecular weight is 285 g/mol. The highest BCUT2D eigenvalue weighted by Crippen LogP contribution is 2.21. The fourth-order valence-corrected chi connectivity index (χ4v) is 3.34. The quantitative estimate of drug-likeness (QED) is 0.807. The van der Waals surface area contributed by atoms with Gasteiger partial charge in [-0.05, 0) is 30.2 Å². The van der Waals surface area contributed by atoms with E-state index < -0.39 is 0 Å². The molecule has 1 unspecified atom stereocenters. The summed E-state index contributed by atoms with van der Waals surface area (Å²) >= 11 is 1.98. The van der Waals surface area contributed by atoms with E-state index in [1.54, 1.807) is 0 Å². The Labute approximate surface area is 126 Å². The Kier molecular flexibility index (Phi) is 6.16. The second-order valence-electron chi connectivity index (χ2n) is 4.94. The third-order valence-electron chi connectivity index (χ3n) is 3.53. The van der Waals surface area contributed by atoms with E-state index in [1.807, 2.05) is 18.8 Å². The maximum Gasteiger partial charge on any atom is 0.0409 e. The molecule has 2 heteroatoms. The SMILES string of the molecule is CCc1ccc(C(CSCc2ccccc2)NC)cc1. The third kappa shape index (κ3) is 4.39. The highest BCUT2D eigenvalue weighted by Gasteiger charge is 2.09. The van der Waals surface area contributed by atoms with Gasteiger partial charge in [-0.15, -0.1) is 0 Å². The average Bonchev–Trinajstić information content (AvgIpc) is 2.53. The zero-order valence-electron chi connectivity index (χ0n) is 12.3. The topological polar surface area (TPSA) is 12.0 Å². The van der Waals surface area contributed by atoms with Crippen LogP contribution in [0.5, 0.6) is 0 Å². The molecule has 0 saturated carbocycles. The standard InChI is InChI=1S/C18H23NS/c1-3-15-9-11-17(12-10-15)18(19-2)14-20-13-16-7-5-4-6-8-16/h4-12,18-19H,3,13-14H2,1-2H3. The Morgan fingerprint density at radius 2 is 1.65 bits per heavy atom. The molecule has 0 radical (unpaired) electrons. The van der Waals surface area contributed by atoms with Crippen molar-refractivity contribution in [1.82, 2.24) is 5.32 Å². The molecule has 1 atom stereocenters. The Hall–Kier alpha value is -1.25. The number of rotatable bonds is 7. The van der Waals surface area contributed by atoms with Crippen molar-refractivity contribution in [2.75, 3.05) is 12.8 Å². The van der Waals surface area contributed by atoms with Crippen LogP contribution in [0.15, 0.2) is 54.6 Å². The van der Waals surface area contributed by atoms with E-state index in [1.165, 1.54) is 16.7 Å². The van der Waals surface area contributed by atoms with Crippen LogP contribution in [0.2, 0.25) is 0 Å². The summed E-state index contributed by atoms with van der Waals surface area (Å²) in [6, 6.07) is 20.1. The second-order valence-corrected chi connectivity index (χ2v) is 5.97. The number of benzene rings is 2. The lowest BCUT2D eigenvalue weighted by atomic mass is 10.1. The molecule has 0 aliphatic carbocycles. The number of thioether (sulfide) groups is 1. The summed E-state index contributed by atoms with van der Waals surface area (Å²) in [5.41, 5.74) is 4.18. The van der Waals surface area contributed by atoms with Crippen molar-refractivity contribution in [3.05, 3.63) is 71.3 Å². The number of hydrogen-bond donors (Lipinski definition) is 1. The summed E-state index contributed by atoms with van der Waals surface area (Å²) in [4.78, 5) is 0. The monoisotopic (exact) mass is 285 g/mol. The van der Waals surface area contributed by atoms with Crippen molar-refractivity contribution >= 4 is 11.8 Å². The summed E-state index contributed by atoms with van der Waals surface area (Å²) in [5.74, 6) is 2.17. The van der Waals surface area contributed by atoms with Crippen LogP contribution in [0.4, 0.5) is 0 Å². The van der Waals surface area contributed by atoms with Crippen molar-refractivity contribution in [3.8, 4) is 0 Å². The molecular formula is C18H23NS. The Bertz CT molecular complexity index is 493. The van der Waals surface area contributed by atoms with Crippen molar-refractivity contribution in [2.45, 2.75) is 25.1 Å². The maximum absolute atomic E-state index is 3.42. The van der Waals surface area contributed by atoms with Gasteiger partial charge in [-0.25, -0.2) is 0 Å². The van der Waals surface area contributed by atoms with Crippen LogP contribution in [0.3, 0.4) is 0 Å². The predicted molar refractivity (Wildman–Crippen MR) is 90.2 cm³/mol. The normalized spacial score (nSPS) is 12.3. The van der Waals surface area contributed by atoms with E-state index in [0.717, 1.165) is 17.9 Å². The molecule has 0 saturated heterocycles. The van der Waals surface area contributed by atoms with Crippen LogP contribution in [0.25, 0.3) is 0 Å². The number of aryl methyl sites for hydroxylation is 1. The van der Waals surface area contributed by atoms with Crippen LogP contribution in [-0.2, 0) is 12.2 Å². The lowest BCUT2D eigenvalue weighted by molar-refractivity contribution is 0.661. The van der Waals surface area contributed by atoms with Crippen LogP contribution in [0.1, 0.15) is 29.7 Å². The molecule has 0 fully saturated rings. The van der Waals surface area contributed by atoms with E-state index in [0.29, 0.717) is 6.04 Å². The summed E-state index contributed by atoms with van der Waals surface area (Å²) in [6.45, 7) is 2.19. The minimum Gasteiger partial charge on any atom is -0.312 e. The van der Waals surface area contributed by atoms with Gasteiger partial charge in [0.1, 0.15) is 0 Å². The number of hydrogen-bond acceptors (Lipinski definition) is 2. The van der Waals surface area contributed by atoms with Gasteiger partial charge in [0.15, 0.2) is 0 Å². The first-order valence-electron chi connectivity index (χ1n) is 7.21. The molecule has 0 aromatic heterocycles. The molecule has 2 aromatic rings. The predicted octanol–water partition coefficient (Wildman–Crippen LogP) is 4.44. The molecule has 20 heavy (non-hydrogen) atoms. The Morgan fingerprint density at radius 3 is 2.25 bits per heavy atom. The zero-order chi connectivity index (χ0) is 14.2. The van der Waals surface area contributed by atoms with Gasteiger partial charge in [0.2, 0.25) is 0 Å². The van der Waals surface area contributed by atoms with E-state index in [9.17, 15) is 0 Å². The van der Waals surface area contributed by atoms with Crippen LogP contribution in [-0.4, -0.2) is 12.8 Å². The fourth-order valence-electron chi connectivity index (χ4n) is 2.20. The van der Waals surface area contributed by atoms with E-state index in [2.05, 4.69) is 66.8 Å². The molecule has 1 N–H and O–H groups in total. The highest BCUT2D eigenvalue weighted by molar-refractivity contribution is 7.98. The van der Waals surface area contributed by atoms with Gasteiger partial charge in [-0.2, -0.15) is 11.8 Å². The molecule has 0 amide bonds. The van der Waals surface area contributed by atoms with Crippen molar-refractivity contribution in [3.63, 3.8) is 0 Å². The van der Waals surface area contributed by atoms with Gasteiger partial charge >= 0.3 is 0 Å². The lowest BCUT2D eigenvalue weighted by Gasteiger charge is -2.16. The van der Waals surface area contributed by atoms with Gasteiger partial charge in [0, 0.05) is 17.5 Å². The summed E-state index contributed by atoms with van der Waals surface area (Å²) in [7, 11) is 2.04. The molecule has 1 nitrogen and oxygen atoms in total. The Balaban J connectivity index is 1.88. The fraction of sp³-hybridized carbons (Fsp3) is 0.333. The first-order chi connectivity index (χ1) is 9.83. The summed E-state index contributed by atoms with van der Waals surface area (Å²) in [5, 5.41) is 3.42. The third-order valence-corrected chi connectivity index (χ3v) is 4.64. The van der Waals surface area contributed by atoms with Gasteiger partial charge in [0.05, 0.1) is 0 Å². The van der Waals surface area contributed by atoms with Crippen molar-refractivity contribution in [1.29, 1.82) is 0 Å². The summed E-state index contributed by atoms with van der Waals surface area (Å²) < 4.78 is 0. The van der Waals surface area contributed by atoms with Crippen molar-refractivity contribution in [2.24, 2.45) is 0 Å². The highest BCUT2D eigenvalue weighted by atomic mass is 32.2.